The molecule has 2 atom stereocenters. The van der Waals surface area contributed by atoms with Crippen LogP contribution in [0.25, 0.3) is 0 Å². The molecule has 102 valence electrons. The van der Waals surface area contributed by atoms with Crippen molar-refractivity contribution in [2.45, 2.75) is 46.5 Å². The molecule has 3 N–H and O–H groups in total. The van der Waals surface area contributed by atoms with E-state index in [0.29, 0.717) is 5.92 Å². The first-order valence-corrected chi connectivity index (χ1v) is 6.73. The van der Waals surface area contributed by atoms with Gasteiger partial charge in [0, 0.05) is 7.11 Å². The van der Waals surface area contributed by atoms with Crippen LogP contribution >= 0.6 is 0 Å². The molecule has 0 aromatic carbocycles. The summed E-state index contributed by atoms with van der Waals surface area (Å²) < 4.78 is 0. The van der Waals surface area contributed by atoms with Gasteiger partial charge < -0.3 is 10.8 Å². The summed E-state index contributed by atoms with van der Waals surface area (Å²) in [6.45, 7) is 10.8. The minimum Gasteiger partial charge on any atom is -0.400 e. The molecule has 0 saturated carbocycles. The lowest BCUT2D eigenvalue weighted by molar-refractivity contribution is 0.399. The Hall–Kier alpha value is -0.600. The van der Waals surface area contributed by atoms with Crippen LogP contribution < -0.4 is 5.73 Å². The molecule has 0 aromatic heterocycles. The zero-order chi connectivity index (χ0) is 13.7. The summed E-state index contributed by atoms with van der Waals surface area (Å²) in [6, 6.07) is 0. The molecule has 0 aromatic rings. The fourth-order valence-electron chi connectivity index (χ4n) is 1.89. The van der Waals surface area contributed by atoms with Gasteiger partial charge in [-0.15, -0.1) is 6.58 Å². The number of aliphatic hydroxyl groups excluding tert-OH is 1. The van der Waals surface area contributed by atoms with Crippen molar-refractivity contribution < 1.29 is 5.11 Å². The Morgan fingerprint density at radius 1 is 1.53 bits per heavy atom. The molecular formula is C15H31NO. The molecule has 1 aliphatic rings. The normalized spacial score (nSPS) is 19.2. The first-order valence-electron chi connectivity index (χ1n) is 6.73. The summed E-state index contributed by atoms with van der Waals surface area (Å²) in [7, 11) is 1.00. The predicted molar refractivity (Wildman–Crippen MR) is 77.9 cm³/mol. The molecule has 2 unspecified atom stereocenters. The topological polar surface area (TPSA) is 46.2 Å². The molecule has 1 rings (SSSR count). The monoisotopic (exact) mass is 241 g/mol. The molecule has 2 nitrogen and oxygen atoms in total. The smallest absolute Gasteiger partial charge is 0.0319 e. The number of nitrogens with two attached hydrogens (primary N) is 1. The van der Waals surface area contributed by atoms with Gasteiger partial charge in [-0.05, 0) is 44.1 Å². The van der Waals surface area contributed by atoms with E-state index in [2.05, 4.69) is 19.6 Å². The SMILES string of the molecule is C=CC(CN)CCC1=CC(C)CC1.CC.CO. The maximum Gasteiger partial charge on any atom is 0.0319 e. The van der Waals surface area contributed by atoms with E-state index in [9.17, 15) is 0 Å². The fraction of sp³-hybridized carbons (Fsp3) is 0.733. The van der Waals surface area contributed by atoms with Crippen LogP contribution in [-0.2, 0) is 0 Å². The van der Waals surface area contributed by atoms with Crippen LogP contribution in [0.5, 0.6) is 0 Å². The summed E-state index contributed by atoms with van der Waals surface area (Å²) in [6.07, 6.45) is 9.46. The second-order valence-corrected chi connectivity index (χ2v) is 4.11. The van der Waals surface area contributed by atoms with Crippen molar-refractivity contribution >= 4 is 0 Å². The third kappa shape index (κ3) is 9.13. The van der Waals surface area contributed by atoms with E-state index >= 15 is 0 Å². The highest BCUT2D eigenvalue weighted by Crippen LogP contribution is 2.27. The average Bonchev–Trinajstić information content (AvgIpc) is 2.81. The van der Waals surface area contributed by atoms with Crippen molar-refractivity contribution in [3.8, 4) is 0 Å². The second kappa shape index (κ2) is 13.5. The maximum atomic E-state index is 7.00. The third-order valence-electron chi connectivity index (χ3n) is 2.91. The van der Waals surface area contributed by atoms with Crippen molar-refractivity contribution in [3.63, 3.8) is 0 Å². The van der Waals surface area contributed by atoms with Gasteiger partial charge in [-0.2, -0.15) is 0 Å². The van der Waals surface area contributed by atoms with E-state index in [1.807, 2.05) is 19.9 Å². The Balaban J connectivity index is 0. The molecule has 0 spiro atoms. The van der Waals surface area contributed by atoms with Crippen LogP contribution in [0.15, 0.2) is 24.3 Å². The molecule has 0 heterocycles. The van der Waals surface area contributed by atoms with E-state index in [4.69, 9.17) is 10.8 Å². The van der Waals surface area contributed by atoms with Gasteiger partial charge >= 0.3 is 0 Å². The van der Waals surface area contributed by atoms with Gasteiger partial charge in [-0.3, -0.25) is 0 Å². The highest BCUT2D eigenvalue weighted by Gasteiger charge is 2.12. The Morgan fingerprint density at radius 3 is 2.47 bits per heavy atom. The molecule has 0 amide bonds. The quantitative estimate of drug-likeness (QED) is 0.723. The third-order valence-corrected chi connectivity index (χ3v) is 2.91. The standard InChI is InChI=1S/C12H21N.C2H6.CH4O/c1-3-11(9-13)6-7-12-5-4-10(2)8-12;2*1-2/h3,8,10-11H,1,4-7,9,13H2,2H3;1-2H3;2H,1H3. The number of aliphatic hydroxyl groups is 1. The lowest BCUT2D eigenvalue weighted by Crippen LogP contribution is -2.11. The minimum atomic E-state index is 0.511. The average molecular weight is 241 g/mol. The van der Waals surface area contributed by atoms with Crippen molar-refractivity contribution in [2.75, 3.05) is 13.7 Å². The lowest BCUT2D eigenvalue weighted by Gasteiger charge is -2.09. The number of hydrogen-bond acceptors (Lipinski definition) is 2. The minimum absolute atomic E-state index is 0.511. The van der Waals surface area contributed by atoms with Crippen LogP contribution in [-0.4, -0.2) is 18.8 Å². The van der Waals surface area contributed by atoms with E-state index in [1.54, 1.807) is 5.57 Å². The highest BCUT2D eigenvalue weighted by atomic mass is 16.2. The molecule has 17 heavy (non-hydrogen) atoms. The van der Waals surface area contributed by atoms with Crippen molar-refractivity contribution in [3.05, 3.63) is 24.3 Å². The zero-order valence-electron chi connectivity index (χ0n) is 12.1. The number of allylic oxidation sites excluding steroid dienone is 2. The Morgan fingerprint density at radius 2 is 2.12 bits per heavy atom. The van der Waals surface area contributed by atoms with Gasteiger partial charge in [0.1, 0.15) is 0 Å². The molecule has 1 aliphatic carbocycles. The van der Waals surface area contributed by atoms with Crippen molar-refractivity contribution in [2.24, 2.45) is 17.6 Å². The summed E-state index contributed by atoms with van der Waals surface area (Å²) in [5.74, 6) is 1.31. The second-order valence-electron chi connectivity index (χ2n) is 4.11. The van der Waals surface area contributed by atoms with Gasteiger partial charge in [0.25, 0.3) is 0 Å². The van der Waals surface area contributed by atoms with Crippen LogP contribution in [0.4, 0.5) is 0 Å². The molecule has 0 aliphatic heterocycles. The van der Waals surface area contributed by atoms with Crippen molar-refractivity contribution in [1.29, 1.82) is 0 Å². The van der Waals surface area contributed by atoms with Gasteiger partial charge in [0.2, 0.25) is 0 Å². The largest absolute Gasteiger partial charge is 0.400 e. The molecule has 0 bridgehead atoms. The van der Waals surface area contributed by atoms with E-state index in [0.717, 1.165) is 19.6 Å². The predicted octanol–water partition coefficient (Wildman–Crippen LogP) is 3.52. The summed E-state index contributed by atoms with van der Waals surface area (Å²) in [4.78, 5) is 0. The van der Waals surface area contributed by atoms with Gasteiger partial charge in [-0.25, -0.2) is 0 Å². The molecule has 0 saturated heterocycles. The fourth-order valence-corrected chi connectivity index (χ4v) is 1.89. The summed E-state index contributed by atoms with van der Waals surface area (Å²) >= 11 is 0. The molecular weight excluding hydrogens is 210 g/mol. The first-order chi connectivity index (χ1) is 8.26. The van der Waals surface area contributed by atoms with Crippen LogP contribution in [0.1, 0.15) is 46.5 Å². The van der Waals surface area contributed by atoms with Gasteiger partial charge in [0.05, 0.1) is 0 Å². The van der Waals surface area contributed by atoms with Crippen molar-refractivity contribution in [1.82, 2.24) is 0 Å². The Bertz CT molecular complexity index is 199. The number of rotatable bonds is 5. The van der Waals surface area contributed by atoms with Gasteiger partial charge in [-0.1, -0.05) is 38.5 Å². The lowest BCUT2D eigenvalue weighted by atomic mass is 9.99. The molecule has 0 fully saturated rings. The number of hydrogen-bond donors (Lipinski definition) is 2. The first kappa shape index (κ1) is 18.8. The van der Waals surface area contributed by atoms with Gasteiger partial charge in [0.15, 0.2) is 0 Å². The Kier molecular flexibility index (Phi) is 14.9. The summed E-state index contributed by atoms with van der Waals surface area (Å²) in [5.41, 5.74) is 7.24. The van der Waals surface area contributed by atoms with Crippen LogP contribution in [0.2, 0.25) is 0 Å². The highest BCUT2D eigenvalue weighted by molar-refractivity contribution is 5.10. The zero-order valence-corrected chi connectivity index (χ0v) is 12.1. The maximum absolute atomic E-state index is 7.00. The molecule has 2 heteroatoms. The van der Waals surface area contributed by atoms with Crippen LogP contribution in [0, 0.1) is 11.8 Å². The van der Waals surface area contributed by atoms with E-state index < -0.39 is 0 Å². The summed E-state index contributed by atoms with van der Waals surface area (Å²) in [5, 5.41) is 7.00. The van der Waals surface area contributed by atoms with Crippen LogP contribution in [0.3, 0.4) is 0 Å². The Labute approximate surface area is 108 Å². The molecule has 0 radical (unpaired) electrons. The van der Waals surface area contributed by atoms with E-state index in [-0.39, 0.29) is 0 Å². The van der Waals surface area contributed by atoms with E-state index in [1.165, 1.54) is 25.7 Å².